The molecule has 5 heteroatoms. The van der Waals surface area contributed by atoms with Crippen LogP contribution in [0, 0.1) is 11.3 Å². The van der Waals surface area contributed by atoms with Crippen LogP contribution in [0.3, 0.4) is 0 Å². The minimum Gasteiger partial charge on any atom is -0.480 e. The highest BCUT2D eigenvalue weighted by molar-refractivity contribution is 6.36. The van der Waals surface area contributed by atoms with Crippen LogP contribution in [0.25, 0.3) is 0 Å². The van der Waals surface area contributed by atoms with Gasteiger partial charge in [0, 0.05) is 11.8 Å². The summed E-state index contributed by atoms with van der Waals surface area (Å²) in [5.74, 6) is 0.288. The summed E-state index contributed by atoms with van der Waals surface area (Å²) in [4.78, 5) is 3.84. The van der Waals surface area contributed by atoms with Gasteiger partial charge in [-0.25, -0.2) is 4.98 Å². The molecule has 0 aliphatic carbocycles. The lowest BCUT2D eigenvalue weighted by molar-refractivity contribution is 0.397. The number of rotatable bonds is 2. The average Bonchev–Trinajstić information content (AvgIpc) is 2.25. The lowest BCUT2D eigenvalue weighted by Gasteiger charge is -2.06. The fourth-order valence-corrected chi connectivity index (χ4v) is 1.42. The third kappa shape index (κ3) is 4.26. The second kappa shape index (κ2) is 8.20. The first-order valence-corrected chi connectivity index (χ1v) is 5.61. The van der Waals surface area contributed by atoms with Crippen LogP contribution in [-0.4, -0.2) is 12.1 Å². The van der Waals surface area contributed by atoms with Gasteiger partial charge in [0.25, 0.3) is 0 Å². The number of ether oxygens (including phenoxy) is 1. The zero-order chi connectivity index (χ0) is 12.6. The smallest absolute Gasteiger partial charge is 0.232 e. The highest BCUT2D eigenvalue weighted by Gasteiger charge is 2.11. The Morgan fingerprint density at radius 2 is 2.00 bits per heavy atom. The number of halogens is 2. The molecule has 0 saturated heterocycles. The minimum atomic E-state index is 0.149. The molecular weight excluding hydrogens is 247 g/mol. The first-order valence-electron chi connectivity index (χ1n) is 4.86. The van der Waals surface area contributed by atoms with E-state index in [1.54, 1.807) is 0 Å². The largest absolute Gasteiger partial charge is 0.480 e. The van der Waals surface area contributed by atoms with Crippen molar-refractivity contribution in [2.75, 3.05) is 7.11 Å². The van der Waals surface area contributed by atoms with Gasteiger partial charge < -0.3 is 4.74 Å². The molecule has 0 atom stereocenters. The molecule has 1 aromatic rings. The molecule has 0 amide bonds. The van der Waals surface area contributed by atoms with Crippen molar-refractivity contribution in [3.05, 3.63) is 21.8 Å². The van der Waals surface area contributed by atoms with Gasteiger partial charge in [0.1, 0.15) is 5.02 Å². The number of aromatic nitrogens is 1. The summed E-state index contributed by atoms with van der Waals surface area (Å²) in [5.41, 5.74) is 0.553. The number of nitriles is 1. The van der Waals surface area contributed by atoms with Crippen molar-refractivity contribution in [1.82, 2.24) is 4.98 Å². The quantitative estimate of drug-likeness (QED) is 0.811. The molecule has 0 aliphatic rings. The van der Waals surface area contributed by atoms with Crippen LogP contribution in [0.15, 0.2) is 6.20 Å². The van der Waals surface area contributed by atoms with Crippen LogP contribution < -0.4 is 4.74 Å². The van der Waals surface area contributed by atoms with Crippen LogP contribution in [0.4, 0.5) is 0 Å². The molecule has 1 heterocycles. The Labute approximate surface area is 106 Å². The van der Waals surface area contributed by atoms with E-state index in [-0.39, 0.29) is 12.3 Å². The first kappa shape index (κ1) is 15.0. The summed E-state index contributed by atoms with van der Waals surface area (Å²) in [6, 6.07) is 1.96. The van der Waals surface area contributed by atoms with Crippen molar-refractivity contribution in [3.8, 4) is 11.9 Å². The topological polar surface area (TPSA) is 45.9 Å². The monoisotopic (exact) mass is 260 g/mol. The van der Waals surface area contributed by atoms with Crippen LogP contribution >= 0.6 is 23.2 Å². The number of pyridine rings is 1. The summed E-state index contributed by atoms with van der Waals surface area (Å²) in [6.45, 7) is 4.25. The van der Waals surface area contributed by atoms with E-state index < -0.39 is 0 Å². The number of hydrogen-bond donors (Lipinski definition) is 0. The van der Waals surface area contributed by atoms with Gasteiger partial charge in [0.2, 0.25) is 5.88 Å². The minimum absolute atomic E-state index is 0.149. The Morgan fingerprint density at radius 1 is 1.44 bits per heavy atom. The number of nitrogens with zero attached hydrogens (tertiary/aromatic N) is 2. The normalized spacial score (nSPS) is 8.75. The predicted octanol–water partition coefficient (Wildman–Crippen LogP) is 3.88. The Kier molecular flexibility index (Phi) is 7.70. The Bertz CT molecular complexity index is 375. The summed E-state index contributed by atoms with van der Waals surface area (Å²) in [7, 11) is 1.46. The molecule has 0 spiro atoms. The van der Waals surface area contributed by atoms with Gasteiger partial charge in [-0.3, -0.25) is 0 Å². The fourth-order valence-electron chi connectivity index (χ4n) is 0.867. The van der Waals surface area contributed by atoms with Gasteiger partial charge in [0.05, 0.1) is 24.6 Å². The highest BCUT2D eigenvalue weighted by Crippen LogP contribution is 2.30. The molecule has 0 N–H and O–H groups in total. The maximum absolute atomic E-state index is 8.50. The van der Waals surface area contributed by atoms with E-state index >= 15 is 0 Å². The van der Waals surface area contributed by atoms with Gasteiger partial charge in [-0.2, -0.15) is 5.26 Å². The lowest BCUT2D eigenvalue weighted by Crippen LogP contribution is -1.94. The molecule has 0 unspecified atom stereocenters. The van der Waals surface area contributed by atoms with Crippen molar-refractivity contribution in [2.24, 2.45) is 0 Å². The van der Waals surface area contributed by atoms with Crippen LogP contribution in [-0.2, 0) is 6.42 Å². The van der Waals surface area contributed by atoms with E-state index in [1.165, 1.54) is 19.7 Å². The van der Waals surface area contributed by atoms with Crippen molar-refractivity contribution in [1.29, 1.82) is 5.26 Å². The van der Waals surface area contributed by atoms with Crippen molar-refractivity contribution < 1.29 is 4.74 Å². The lowest BCUT2D eigenvalue weighted by atomic mass is 10.2. The third-order valence-corrected chi connectivity index (χ3v) is 2.20. The SMILES string of the molecule is CCC.COc1ncc(Cl)c(CC#N)c1Cl. The van der Waals surface area contributed by atoms with Gasteiger partial charge in [-0.15, -0.1) is 0 Å². The Hall–Kier alpha value is -0.980. The van der Waals surface area contributed by atoms with Gasteiger partial charge in [-0.1, -0.05) is 43.5 Å². The molecule has 1 aromatic heterocycles. The van der Waals surface area contributed by atoms with E-state index in [0.717, 1.165) is 0 Å². The molecule has 0 bridgehead atoms. The van der Waals surface area contributed by atoms with E-state index in [9.17, 15) is 0 Å². The van der Waals surface area contributed by atoms with Gasteiger partial charge >= 0.3 is 0 Å². The van der Waals surface area contributed by atoms with E-state index in [4.69, 9.17) is 33.2 Å². The van der Waals surface area contributed by atoms with Crippen molar-refractivity contribution in [2.45, 2.75) is 26.7 Å². The molecule has 1 rings (SSSR count). The van der Waals surface area contributed by atoms with Crippen LogP contribution in [0.1, 0.15) is 25.8 Å². The summed E-state index contributed by atoms with van der Waals surface area (Å²) >= 11 is 11.7. The zero-order valence-electron chi connectivity index (χ0n) is 9.55. The zero-order valence-corrected chi connectivity index (χ0v) is 11.1. The molecule has 0 aromatic carbocycles. The standard InChI is InChI=1S/C8H6Cl2N2O.C3H8/c1-13-8-7(10)5(2-3-11)6(9)4-12-8;1-3-2/h4H,2H2,1H3;3H2,1-2H3. The third-order valence-electron chi connectivity index (χ3n) is 1.49. The molecule has 0 radical (unpaired) electrons. The maximum atomic E-state index is 8.50. The van der Waals surface area contributed by atoms with Gasteiger partial charge in [-0.05, 0) is 0 Å². The Morgan fingerprint density at radius 3 is 2.44 bits per heavy atom. The highest BCUT2D eigenvalue weighted by atomic mass is 35.5. The average molecular weight is 261 g/mol. The van der Waals surface area contributed by atoms with E-state index in [1.807, 2.05) is 6.07 Å². The summed E-state index contributed by atoms with van der Waals surface area (Å²) in [6.07, 6.45) is 2.81. The maximum Gasteiger partial charge on any atom is 0.232 e. The van der Waals surface area contributed by atoms with Crippen molar-refractivity contribution >= 4 is 23.2 Å². The van der Waals surface area contributed by atoms with Crippen LogP contribution in [0.5, 0.6) is 5.88 Å². The Balaban J connectivity index is 0.000000673. The molecule has 0 fully saturated rings. The summed E-state index contributed by atoms with van der Waals surface area (Å²) in [5, 5.41) is 9.19. The fraction of sp³-hybridized carbons (Fsp3) is 0.455. The molecule has 3 nitrogen and oxygen atoms in total. The first-order chi connectivity index (χ1) is 7.62. The van der Waals surface area contributed by atoms with Crippen LogP contribution in [0.2, 0.25) is 10.0 Å². The second-order valence-corrected chi connectivity index (χ2v) is 3.74. The predicted molar refractivity (Wildman–Crippen MR) is 66.1 cm³/mol. The van der Waals surface area contributed by atoms with E-state index in [0.29, 0.717) is 15.6 Å². The second-order valence-electron chi connectivity index (χ2n) is 2.95. The molecule has 0 saturated carbocycles. The summed E-state index contributed by atoms with van der Waals surface area (Å²) < 4.78 is 4.88. The molecule has 16 heavy (non-hydrogen) atoms. The van der Waals surface area contributed by atoms with E-state index in [2.05, 4.69) is 18.8 Å². The molecule has 88 valence electrons. The molecule has 0 aliphatic heterocycles. The molecular formula is C11H14Cl2N2O. The van der Waals surface area contributed by atoms with Gasteiger partial charge in [0.15, 0.2) is 0 Å². The number of methoxy groups -OCH3 is 1. The number of hydrogen-bond acceptors (Lipinski definition) is 3. The van der Waals surface area contributed by atoms with Crippen molar-refractivity contribution in [3.63, 3.8) is 0 Å².